The molecule has 1 unspecified atom stereocenters. The molecule has 0 aliphatic heterocycles. The summed E-state index contributed by atoms with van der Waals surface area (Å²) in [6.45, 7) is 4.40. The Morgan fingerprint density at radius 3 is 2.57 bits per heavy atom. The highest BCUT2D eigenvalue weighted by atomic mass is 16.3. The number of benzene rings is 1. The predicted octanol–water partition coefficient (Wildman–Crippen LogP) is 1.97. The van der Waals surface area contributed by atoms with Gasteiger partial charge in [-0.2, -0.15) is 0 Å². The summed E-state index contributed by atoms with van der Waals surface area (Å²) >= 11 is 0. The minimum Gasteiger partial charge on any atom is -0.508 e. The summed E-state index contributed by atoms with van der Waals surface area (Å²) in [6.07, 6.45) is -0.694. The molecule has 0 radical (unpaired) electrons. The van der Waals surface area contributed by atoms with Crippen LogP contribution in [0.1, 0.15) is 24.5 Å². The van der Waals surface area contributed by atoms with E-state index in [1.165, 1.54) is 6.07 Å². The number of rotatable bonds is 4. The SMILES string of the molecule is Cc1cc(O)cc(=O)n1CCn1c(C(C)O)nc2ccccc21. The number of aliphatic hydroxyl groups excluding tert-OH is 1. The molecule has 0 amide bonds. The van der Waals surface area contributed by atoms with Gasteiger partial charge in [-0.15, -0.1) is 0 Å². The number of aliphatic hydroxyl groups is 1. The summed E-state index contributed by atoms with van der Waals surface area (Å²) in [4.78, 5) is 16.5. The highest BCUT2D eigenvalue weighted by molar-refractivity contribution is 5.75. The van der Waals surface area contributed by atoms with Crippen molar-refractivity contribution in [2.75, 3.05) is 0 Å². The van der Waals surface area contributed by atoms with Crippen molar-refractivity contribution in [2.45, 2.75) is 33.0 Å². The van der Waals surface area contributed by atoms with Gasteiger partial charge in [-0.25, -0.2) is 4.98 Å². The third-order valence-electron chi connectivity index (χ3n) is 3.92. The van der Waals surface area contributed by atoms with Crippen LogP contribution < -0.4 is 5.56 Å². The normalized spacial score (nSPS) is 12.7. The Morgan fingerprint density at radius 1 is 1.17 bits per heavy atom. The van der Waals surface area contributed by atoms with E-state index in [0.717, 1.165) is 11.0 Å². The van der Waals surface area contributed by atoms with E-state index >= 15 is 0 Å². The zero-order chi connectivity index (χ0) is 16.6. The first-order valence-corrected chi connectivity index (χ1v) is 7.51. The Kier molecular flexibility index (Phi) is 3.92. The van der Waals surface area contributed by atoms with Gasteiger partial charge in [-0.3, -0.25) is 4.79 Å². The molecule has 0 saturated heterocycles. The number of aromatic nitrogens is 3. The molecule has 1 atom stereocenters. The largest absolute Gasteiger partial charge is 0.508 e. The van der Waals surface area contributed by atoms with Gasteiger partial charge in [-0.05, 0) is 32.0 Å². The fourth-order valence-electron chi connectivity index (χ4n) is 2.85. The molecule has 6 heteroatoms. The number of para-hydroxylation sites is 2. The lowest BCUT2D eigenvalue weighted by molar-refractivity contribution is 0.184. The molecule has 2 N–H and O–H groups in total. The third kappa shape index (κ3) is 2.85. The highest BCUT2D eigenvalue weighted by Crippen LogP contribution is 2.20. The van der Waals surface area contributed by atoms with E-state index in [1.54, 1.807) is 24.5 Å². The number of imidazole rings is 1. The molecule has 23 heavy (non-hydrogen) atoms. The number of nitrogens with zero attached hydrogens (tertiary/aromatic N) is 3. The second-order valence-corrected chi connectivity index (χ2v) is 5.63. The highest BCUT2D eigenvalue weighted by Gasteiger charge is 2.14. The Bertz CT molecular complexity index is 909. The van der Waals surface area contributed by atoms with Crippen molar-refractivity contribution in [3.63, 3.8) is 0 Å². The van der Waals surface area contributed by atoms with Crippen LogP contribution in [0, 0.1) is 6.92 Å². The molecule has 1 aromatic carbocycles. The van der Waals surface area contributed by atoms with Crippen LogP contribution in [0.4, 0.5) is 0 Å². The molecule has 0 saturated carbocycles. The zero-order valence-corrected chi connectivity index (χ0v) is 13.1. The second-order valence-electron chi connectivity index (χ2n) is 5.63. The first-order valence-electron chi connectivity index (χ1n) is 7.51. The van der Waals surface area contributed by atoms with E-state index in [9.17, 15) is 15.0 Å². The van der Waals surface area contributed by atoms with Gasteiger partial charge in [0.1, 0.15) is 17.7 Å². The lowest BCUT2D eigenvalue weighted by Crippen LogP contribution is -2.24. The smallest absolute Gasteiger partial charge is 0.254 e. The van der Waals surface area contributed by atoms with Crippen molar-refractivity contribution in [3.8, 4) is 5.75 Å². The van der Waals surface area contributed by atoms with Crippen molar-refractivity contribution in [1.29, 1.82) is 0 Å². The molecule has 3 rings (SSSR count). The summed E-state index contributed by atoms with van der Waals surface area (Å²) in [5, 5.41) is 19.4. The van der Waals surface area contributed by atoms with Crippen molar-refractivity contribution >= 4 is 11.0 Å². The average molecular weight is 313 g/mol. The van der Waals surface area contributed by atoms with Gasteiger partial charge in [0.25, 0.3) is 5.56 Å². The molecular formula is C17H19N3O3. The number of pyridine rings is 1. The van der Waals surface area contributed by atoms with Crippen LogP contribution in [-0.2, 0) is 13.1 Å². The molecular weight excluding hydrogens is 294 g/mol. The Morgan fingerprint density at radius 2 is 1.87 bits per heavy atom. The summed E-state index contributed by atoms with van der Waals surface area (Å²) in [7, 11) is 0. The summed E-state index contributed by atoms with van der Waals surface area (Å²) < 4.78 is 3.53. The van der Waals surface area contributed by atoms with Gasteiger partial charge in [0.2, 0.25) is 0 Å². The first-order chi connectivity index (χ1) is 11.0. The molecule has 2 aromatic heterocycles. The van der Waals surface area contributed by atoms with E-state index < -0.39 is 6.10 Å². The molecule has 0 aliphatic carbocycles. The van der Waals surface area contributed by atoms with Crippen LogP contribution in [0.2, 0.25) is 0 Å². The van der Waals surface area contributed by atoms with Crippen LogP contribution in [0.25, 0.3) is 11.0 Å². The van der Waals surface area contributed by atoms with Gasteiger partial charge in [0, 0.05) is 24.8 Å². The summed E-state index contributed by atoms with van der Waals surface area (Å²) in [5.41, 5.74) is 2.19. The maximum Gasteiger partial charge on any atom is 0.254 e. The van der Waals surface area contributed by atoms with Crippen LogP contribution in [0.3, 0.4) is 0 Å². The minimum absolute atomic E-state index is 0.0264. The Labute approximate surface area is 133 Å². The molecule has 0 fully saturated rings. The molecule has 6 nitrogen and oxygen atoms in total. The molecule has 0 aliphatic rings. The maximum absolute atomic E-state index is 12.0. The monoisotopic (exact) mass is 313 g/mol. The van der Waals surface area contributed by atoms with Crippen LogP contribution in [0.15, 0.2) is 41.2 Å². The van der Waals surface area contributed by atoms with Crippen LogP contribution in [-0.4, -0.2) is 24.3 Å². The fourth-order valence-corrected chi connectivity index (χ4v) is 2.85. The lowest BCUT2D eigenvalue weighted by atomic mass is 10.3. The van der Waals surface area contributed by atoms with Gasteiger partial charge in [0.15, 0.2) is 0 Å². The van der Waals surface area contributed by atoms with Crippen LogP contribution >= 0.6 is 0 Å². The quantitative estimate of drug-likeness (QED) is 0.771. The van der Waals surface area contributed by atoms with E-state index in [0.29, 0.717) is 24.6 Å². The number of hydrogen-bond donors (Lipinski definition) is 2. The molecule has 0 spiro atoms. The number of aryl methyl sites for hydroxylation is 2. The summed E-state index contributed by atoms with van der Waals surface area (Å²) in [5.74, 6) is 0.553. The van der Waals surface area contributed by atoms with E-state index in [-0.39, 0.29) is 11.3 Å². The molecule has 0 bridgehead atoms. The van der Waals surface area contributed by atoms with Gasteiger partial charge < -0.3 is 19.3 Å². The van der Waals surface area contributed by atoms with Crippen molar-refractivity contribution in [3.05, 3.63) is 58.3 Å². The molecule has 3 aromatic rings. The second kappa shape index (κ2) is 5.89. The van der Waals surface area contributed by atoms with Gasteiger partial charge >= 0.3 is 0 Å². The van der Waals surface area contributed by atoms with Gasteiger partial charge in [-0.1, -0.05) is 12.1 Å². The topological polar surface area (TPSA) is 80.3 Å². The standard InChI is InChI=1S/C17H19N3O3/c1-11-9-13(22)10-16(23)19(11)7-8-20-15-6-4-3-5-14(15)18-17(20)12(2)21/h3-6,9-10,12,21-22H,7-8H2,1-2H3. The summed E-state index contributed by atoms with van der Waals surface area (Å²) in [6, 6.07) is 10.4. The maximum atomic E-state index is 12.0. The van der Waals surface area contributed by atoms with Gasteiger partial charge in [0.05, 0.1) is 11.0 Å². The predicted molar refractivity (Wildman–Crippen MR) is 87.5 cm³/mol. The van der Waals surface area contributed by atoms with Crippen molar-refractivity contribution in [2.24, 2.45) is 0 Å². The number of aromatic hydroxyl groups is 1. The Balaban J connectivity index is 1.99. The van der Waals surface area contributed by atoms with Crippen molar-refractivity contribution < 1.29 is 10.2 Å². The third-order valence-corrected chi connectivity index (χ3v) is 3.92. The molecule has 120 valence electrons. The zero-order valence-electron chi connectivity index (χ0n) is 13.1. The van der Waals surface area contributed by atoms with E-state index in [2.05, 4.69) is 4.98 Å². The average Bonchev–Trinajstić information content (AvgIpc) is 2.85. The number of fused-ring (bicyclic) bond motifs is 1. The first kappa shape index (κ1) is 15.3. The number of hydrogen-bond acceptors (Lipinski definition) is 4. The van der Waals surface area contributed by atoms with E-state index in [1.807, 2.05) is 28.8 Å². The van der Waals surface area contributed by atoms with E-state index in [4.69, 9.17) is 0 Å². The minimum atomic E-state index is -0.694. The fraction of sp³-hybridized carbons (Fsp3) is 0.294. The Hall–Kier alpha value is -2.60. The van der Waals surface area contributed by atoms with Crippen molar-refractivity contribution in [1.82, 2.24) is 14.1 Å². The lowest BCUT2D eigenvalue weighted by Gasteiger charge is -2.14. The van der Waals surface area contributed by atoms with Crippen LogP contribution in [0.5, 0.6) is 5.75 Å². The molecule has 2 heterocycles.